The molecule has 1 aromatic carbocycles. The number of para-hydroxylation sites is 1. The van der Waals surface area contributed by atoms with Crippen molar-refractivity contribution >= 4 is 17.5 Å². The van der Waals surface area contributed by atoms with E-state index in [-0.39, 0.29) is 18.4 Å². The predicted molar refractivity (Wildman–Crippen MR) is 99.1 cm³/mol. The summed E-state index contributed by atoms with van der Waals surface area (Å²) < 4.78 is 10.8. The molecule has 2 fully saturated rings. The van der Waals surface area contributed by atoms with Gasteiger partial charge in [-0.05, 0) is 37.3 Å². The summed E-state index contributed by atoms with van der Waals surface area (Å²) in [6, 6.07) is 7.18. The van der Waals surface area contributed by atoms with Crippen LogP contribution in [0.4, 0.5) is 5.69 Å². The van der Waals surface area contributed by atoms with Gasteiger partial charge in [-0.3, -0.25) is 9.59 Å². The van der Waals surface area contributed by atoms with Crippen molar-refractivity contribution in [3.63, 3.8) is 0 Å². The van der Waals surface area contributed by atoms with Gasteiger partial charge in [-0.1, -0.05) is 19.1 Å². The first-order chi connectivity index (χ1) is 12.6. The molecule has 1 N–H and O–H groups in total. The van der Waals surface area contributed by atoms with Crippen molar-refractivity contribution < 1.29 is 19.1 Å². The van der Waals surface area contributed by atoms with Crippen LogP contribution in [0.1, 0.15) is 36.5 Å². The first-order valence-electron chi connectivity index (χ1n) is 9.47. The Hall–Kier alpha value is -1.92. The van der Waals surface area contributed by atoms with Crippen molar-refractivity contribution in [1.29, 1.82) is 0 Å². The number of carbonyl (C=O) groups is 2. The molecule has 6 nitrogen and oxygen atoms in total. The lowest BCUT2D eigenvalue weighted by Crippen LogP contribution is -2.38. The topological polar surface area (TPSA) is 67.9 Å². The number of hydrogen-bond donors (Lipinski definition) is 1. The zero-order valence-electron chi connectivity index (χ0n) is 15.4. The van der Waals surface area contributed by atoms with Gasteiger partial charge in [0.25, 0.3) is 5.91 Å². The third-order valence-electron chi connectivity index (χ3n) is 5.11. The number of carbonyl (C=O) groups excluding carboxylic acids is 2. The lowest BCUT2D eigenvalue weighted by atomic mass is 9.98. The van der Waals surface area contributed by atoms with Crippen LogP contribution in [0.25, 0.3) is 0 Å². The largest absolute Gasteiger partial charge is 0.381 e. The van der Waals surface area contributed by atoms with Crippen LogP contribution >= 0.6 is 0 Å². The van der Waals surface area contributed by atoms with Crippen molar-refractivity contribution in [2.45, 2.75) is 26.2 Å². The standard InChI is InChI=1S/C20H28N2O4/c1-15-6-9-22(10-7-15)20(24)17-4-2-3-5-18(17)21-19(23)14-26-13-16-8-11-25-12-16/h2-5,15-16H,6-14H2,1H3,(H,21,23)/t16-/m1/s1. The van der Waals surface area contributed by atoms with Crippen molar-refractivity contribution in [3.8, 4) is 0 Å². The van der Waals surface area contributed by atoms with Crippen LogP contribution in [0.3, 0.4) is 0 Å². The maximum absolute atomic E-state index is 12.8. The normalized spacial score (nSPS) is 21.0. The number of amides is 2. The number of nitrogens with one attached hydrogen (secondary N) is 1. The summed E-state index contributed by atoms with van der Waals surface area (Å²) in [6.07, 6.45) is 3.03. The minimum atomic E-state index is -0.239. The van der Waals surface area contributed by atoms with Crippen molar-refractivity contribution in [2.75, 3.05) is 44.8 Å². The van der Waals surface area contributed by atoms with E-state index in [9.17, 15) is 9.59 Å². The Morgan fingerprint density at radius 1 is 1.23 bits per heavy atom. The molecular weight excluding hydrogens is 332 g/mol. The number of likely N-dealkylation sites (tertiary alicyclic amines) is 1. The van der Waals surface area contributed by atoms with Gasteiger partial charge in [-0.25, -0.2) is 0 Å². The van der Waals surface area contributed by atoms with Crippen molar-refractivity contribution in [2.24, 2.45) is 11.8 Å². The van der Waals surface area contributed by atoms with Crippen molar-refractivity contribution in [1.82, 2.24) is 4.90 Å². The van der Waals surface area contributed by atoms with E-state index in [1.54, 1.807) is 12.1 Å². The van der Waals surface area contributed by atoms with Gasteiger partial charge in [0.1, 0.15) is 6.61 Å². The van der Waals surface area contributed by atoms with Crippen LogP contribution in [0.2, 0.25) is 0 Å². The summed E-state index contributed by atoms with van der Waals surface area (Å²) >= 11 is 0. The van der Waals surface area contributed by atoms with E-state index in [2.05, 4.69) is 12.2 Å². The molecule has 0 radical (unpaired) electrons. The van der Waals surface area contributed by atoms with Crippen LogP contribution in [-0.2, 0) is 14.3 Å². The van der Waals surface area contributed by atoms with Crippen molar-refractivity contribution in [3.05, 3.63) is 29.8 Å². The van der Waals surface area contributed by atoms with E-state index in [4.69, 9.17) is 9.47 Å². The van der Waals surface area contributed by atoms with E-state index in [1.807, 2.05) is 17.0 Å². The van der Waals surface area contributed by atoms with Crippen LogP contribution in [0.5, 0.6) is 0 Å². The molecule has 0 bridgehead atoms. The van der Waals surface area contributed by atoms with Crippen LogP contribution in [0.15, 0.2) is 24.3 Å². The number of rotatable bonds is 6. The van der Waals surface area contributed by atoms with Gasteiger partial charge in [-0.2, -0.15) is 0 Å². The SMILES string of the molecule is CC1CCN(C(=O)c2ccccc2NC(=O)COC[C@@H]2CCOC2)CC1. The maximum Gasteiger partial charge on any atom is 0.255 e. The molecule has 1 atom stereocenters. The molecule has 1 aromatic rings. The monoisotopic (exact) mass is 360 g/mol. The Labute approximate surface area is 154 Å². The average Bonchev–Trinajstić information content (AvgIpc) is 3.16. The summed E-state index contributed by atoms with van der Waals surface area (Å²) in [5.41, 5.74) is 1.09. The van der Waals surface area contributed by atoms with Gasteiger partial charge < -0.3 is 19.7 Å². The maximum atomic E-state index is 12.8. The minimum Gasteiger partial charge on any atom is -0.381 e. The zero-order valence-corrected chi connectivity index (χ0v) is 15.4. The summed E-state index contributed by atoms with van der Waals surface area (Å²) in [7, 11) is 0. The minimum absolute atomic E-state index is 0.0136. The lowest BCUT2D eigenvalue weighted by Gasteiger charge is -2.30. The molecule has 2 amide bonds. The number of nitrogens with zero attached hydrogens (tertiary/aromatic N) is 1. The van der Waals surface area contributed by atoms with Crippen LogP contribution in [-0.4, -0.2) is 56.2 Å². The van der Waals surface area contributed by atoms with E-state index in [0.717, 1.165) is 39.0 Å². The fraction of sp³-hybridized carbons (Fsp3) is 0.600. The molecule has 0 unspecified atom stereocenters. The Morgan fingerprint density at radius 3 is 2.73 bits per heavy atom. The Bertz CT molecular complexity index is 620. The van der Waals surface area contributed by atoms with E-state index in [1.165, 1.54) is 0 Å². The van der Waals surface area contributed by atoms with E-state index in [0.29, 0.717) is 36.3 Å². The van der Waals surface area contributed by atoms with Gasteiger partial charge in [-0.15, -0.1) is 0 Å². The van der Waals surface area contributed by atoms with Crippen LogP contribution in [0, 0.1) is 11.8 Å². The molecule has 26 heavy (non-hydrogen) atoms. The summed E-state index contributed by atoms with van der Waals surface area (Å²) in [5, 5.41) is 2.82. The lowest BCUT2D eigenvalue weighted by molar-refractivity contribution is -0.121. The fourth-order valence-corrected chi connectivity index (χ4v) is 3.38. The highest BCUT2D eigenvalue weighted by atomic mass is 16.5. The summed E-state index contributed by atoms with van der Waals surface area (Å²) in [5.74, 6) is 0.780. The Kier molecular flexibility index (Phi) is 6.63. The molecular formula is C20H28N2O4. The third-order valence-corrected chi connectivity index (χ3v) is 5.11. The van der Waals surface area contributed by atoms with Gasteiger partial charge in [0.05, 0.1) is 24.5 Å². The molecule has 0 spiro atoms. The molecule has 2 aliphatic rings. The summed E-state index contributed by atoms with van der Waals surface area (Å²) in [4.78, 5) is 26.9. The molecule has 2 aliphatic heterocycles. The fourth-order valence-electron chi connectivity index (χ4n) is 3.38. The average molecular weight is 360 g/mol. The number of ether oxygens (including phenoxy) is 2. The Morgan fingerprint density at radius 2 is 2.00 bits per heavy atom. The van der Waals surface area contributed by atoms with Gasteiger partial charge in [0, 0.05) is 25.6 Å². The second-order valence-electron chi connectivity index (χ2n) is 7.31. The number of piperidine rings is 1. The molecule has 3 rings (SSSR count). The highest BCUT2D eigenvalue weighted by Crippen LogP contribution is 2.22. The third kappa shape index (κ3) is 5.05. The second kappa shape index (κ2) is 9.14. The molecule has 142 valence electrons. The summed E-state index contributed by atoms with van der Waals surface area (Å²) in [6.45, 7) is 5.75. The first-order valence-corrected chi connectivity index (χ1v) is 9.47. The van der Waals surface area contributed by atoms with Gasteiger partial charge in [0.2, 0.25) is 5.91 Å². The molecule has 2 heterocycles. The number of benzene rings is 1. The molecule has 0 saturated carbocycles. The molecule has 2 saturated heterocycles. The zero-order chi connectivity index (χ0) is 18.4. The quantitative estimate of drug-likeness (QED) is 0.847. The molecule has 0 aromatic heterocycles. The van der Waals surface area contributed by atoms with Crippen LogP contribution < -0.4 is 5.32 Å². The van der Waals surface area contributed by atoms with Gasteiger partial charge >= 0.3 is 0 Å². The second-order valence-corrected chi connectivity index (χ2v) is 7.31. The Balaban J connectivity index is 1.54. The van der Waals surface area contributed by atoms with E-state index >= 15 is 0 Å². The van der Waals surface area contributed by atoms with Gasteiger partial charge in [0.15, 0.2) is 0 Å². The predicted octanol–water partition coefficient (Wildman–Crippen LogP) is 2.55. The number of hydrogen-bond acceptors (Lipinski definition) is 4. The highest BCUT2D eigenvalue weighted by molar-refractivity contribution is 6.04. The van der Waals surface area contributed by atoms with E-state index < -0.39 is 0 Å². The first kappa shape index (κ1) is 18.9. The number of anilines is 1. The molecule has 6 heteroatoms. The highest BCUT2D eigenvalue weighted by Gasteiger charge is 2.23. The molecule has 0 aliphatic carbocycles. The smallest absolute Gasteiger partial charge is 0.255 e.